The first-order valence-corrected chi connectivity index (χ1v) is 9.06. The van der Waals surface area contributed by atoms with Crippen LogP contribution in [0.4, 0.5) is 5.95 Å². The van der Waals surface area contributed by atoms with Crippen LogP contribution in [0.15, 0.2) is 18.3 Å². The maximum atomic E-state index is 12.7. The molecule has 4 rings (SSSR count). The first-order valence-electron chi connectivity index (χ1n) is 9.06. The highest BCUT2D eigenvalue weighted by Gasteiger charge is 2.34. The van der Waals surface area contributed by atoms with Gasteiger partial charge in [0, 0.05) is 29.9 Å². The molecule has 0 bridgehead atoms. The van der Waals surface area contributed by atoms with Crippen molar-refractivity contribution in [2.45, 2.75) is 40.5 Å². The smallest absolute Gasteiger partial charge is 0.220 e. The Morgan fingerprint density at radius 1 is 1.19 bits per heavy atom. The number of aryl methyl sites for hydroxylation is 2. The fourth-order valence-corrected chi connectivity index (χ4v) is 4.22. The molecular formula is C21H24N4O2. The summed E-state index contributed by atoms with van der Waals surface area (Å²) < 4.78 is 7.72. The molecule has 2 aromatic heterocycles. The Morgan fingerprint density at radius 2 is 1.93 bits per heavy atom. The maximum Gasteiger partial charge on any atom is 0.220 e. The topological polar surface area (TPSA) is 83.0 Å². The molecule has 1 aromatic carbocycles. The van der Waals surface area contributed by atoms with E-state index in [9.17, 15) is 4.79 Å². The number of benzene rings is 1. The van der Waals surface area contributed by atoms with Gasteiger partial charge in [-0.1, -0.05) is 13.8 Å². The highest BCUT2D eigenvalue weighted by molar-refractivity contribution is 6.00. The van der Waals surface area contributed by atoms with E-state index in [0.29, 0.717) is 12.2 Å². The van der Waals surface area contributed by atoms with Gasteiger partial charge in [-0.05, 0) is 37.3 Å². The van der Waals surface area contributed by atoms with E-state index in [1.165, 1.54) is 0 Å². The van der Waals surface area contributed by atoms with Gasteiger partial charge in [-0.15, -0.1) is 0 Å². The van der Waals surface area contributed by atoms with Gasteiger partial charge < -0.3 is 15.0 Å². The molecule has 0 fully saturated rings. The van der Waals surface area contributed by atoms with E-state index in [2.05, 4.69) is 28.4 Å². The van der Waals surface area contributed by atoms with Crippen LogP contribution < -0.4 is 10.5 Å². The van der Waals surface area contributed by atoms with Crippen LogP contribution in [0.1, 0.15) is 47.6 Å². The fraction of sp³-hybridized carbons (Fsp3) is 0.381. The Kier molecular flexibility index (Phi) is 3.77. The number of methoxy groups -OCH3 is 1. The van der Waals surface area contributed by atoms with Crippen molar-refractivity contribution in [2.75, 3.05) is 12.8 Å². The SMILES string of the molecule is COc1cc(-n2cc(C)c3c2CC(C)(C)CC3=O)cc2nc(N)nc(C)c12. The fourth-order valence-electron chi connectivity index (χ4n) is 4.22. The second-order valence-corrected chi connectivity index (χ2v) is 8.15. The summed E-state index contributed by atoms with van der Waals surface area (Å²) >= 11 is 0. The minimum absolute atomic E-state index is 0.0588. The maximum absolute atomic E-state index is 12.7. The summed E-state index contributed by atoms with van der Waals surface area (Å²) in [6.07, 6.45) is 3.45. The molecule has 0 aliphatic heterocycles. The molecule has 1 aliphatic carbocycles. The molecule has 0 saturated carbocycles. The molecule has 2 heterocycles. The van der Waals surface area contributed by atoms with Crippen molar-refractivity contribution in [3.05, 3.63) is 40.8 Å². The van der Waals surface area contributed by atoms with E-state index < -0.39 is 0 Å². The van der Waals surface area contributed by atoms with Crippen LogP contribution in [0.3, 0.4) is 0 Å². The number of nitrogens with two attached hydrogens (primary N) is 1. The molecule has 0 radical (unpaired) electrons. The molecule has 3 aromatic rings. The number of nitrogens with zero attached hydrogens (tertiary/aromatic N) is 3. The standard InChI is InChI=1S/C21H24N4O2/c1-11-10-25(15-8-21(3,4)9-16(26)18(11)15)13-6-14-19(17(7-13)27-5)12(2)23-20(22)24-14/h6-7,10H,8-9H2,1-5H3,(H2,22,23,24). The van der Waals surface area contributed by atoms with Crippen molar-refractivity contribution in [1.29, 1.82) is 0 Å². The number of anilines is 1. The Labute approximate surface area is 158 Å². The van der Waals surface area contributed by atoms with Gasteiger partial charge in [0.1, 0.15) is 5.75 Å². The molecule has 140 valence electrons. The van der Waals surface area contributed by atoms with Gasteiger partial charge in [-0.25, -0.2) is 9.97 Å². The zero-order valence-corrected chi connectivity index (χ0v) is 16.4. The third kappa shape index (κ3) is 2.76. The number of nitrogen functional groups attached to an aromatic ring is 1. The van der Waals surface area contributed by atoms with Crippen LogP contribution in [0.2, 0.25) is 0 Å². The number of carbonyl (C=O) groups excluding carboxylic acids is 1. The molecule has 1 aliphatic rings. The van der Waals surface area contributed by atoms with E-state index >= 15 is 0 Å². The predicted octanol–water partition coefficient (Wildman–Crippen LogP) is 3.78. The quantitative estimate of drug-likeness (QED) is 0.748. The number of fused-ring (bicyclic) bond motifs is 2. The summed E-state index contributed by atoms with van der Waals surface area (Å²) in [4.78, 5) is 21.4. The lowest BCUT2D eigenvalue weighted by atomic mass is 9.75. The number of hydrogen-bond donors (Lipinski definition) is 1. The first kappa shape index (κ1) is 17.5. The van der Waals surface area contributed by atoms with Crippen LogP contribution >= 0.6 is 0 Å². The summed E-state index contributed by atoms with van der Waals surface area (Å²) in [5.41, 5.74) is 11.1. The Bertz CT molecular complexity index is 1100. The van der Waals surface area contributed by atoms with Crippen LogP contribution in [-0.2, 0) is 6.42 Å². The Hall–Kier alpha value is -2.89. The number of hydrogen-bond acceptors (Lipinski definition) is 5. The Morgan fingerprint density at radius 3 is 2.63 bits per heavy atom. The summed E-state index contributed by atoms with van der Waals surface area (Å²) in [6.45, 7) is 8.16. The highest BCUT2D eigenvalue weighted by atomic mass is 16.5. The van der Waals surface area contributed by atoms with Crippen molar-refractivity contribution < 1.29 is 9.53 Å². The molecule has 0 saturated heterocycles. The summed E-state index contributed by atoms with van der Waals surface area (Å²) in [5, 5.41) is 0.851. The molecule has 2 N–H and O–H groups in total. The zero-order chi connectivity index (χ0) is 19.5. The van der Waals surface area contributed by atoms with Crippen molar-refractivity contribution in [1.82, 2.24) is 14.5 Å². The van der Waals surface area contributed by atoms with Gasteiger partial charge in [-0.3, -0.25) is 4.79 Å². The van der Waals surface area contributed by atoms with E-state index in [4.69, 9.17) is 10.5 Å². The van der Waals surface area contributed by atoms with Crippen LogP contribution in [0.5, 0.6) is 5.75 Å². The number of ether oxygens (including phenoxy) is 1. The van der Waals surface area contributed by atoms with Gasteiger partial charge >= 0.3 is 0 Å². The van der Waals surface area contributed by atoms with E-state index in [1.54, 1.807) is 7.11 Å². The molecule has 0 atom stereocenters. The third-order valence-corrected chi connectivity index (χ3v) is 5.30. The summed E-state index contributed by atoms with van der Waals surface area (Å²) in [6, 6.07) is 3.95. The minimum atomic E-state index is -0.0588. The summed E-state index contributed by atoms with van der Waals surface area (Å²) in [5.74, 6) is 1.15. The Balaban J connectivity index is 1.99. The second-order valence-electron chi connectivity index (χ2n) is 8.15. The average molecular weight is 364 g/mol. The molecule has 0 amide bonds. The molecule has 27 heavy (non-hydrogen) atoms. The number of Topliss-reactive ketones (excluding diaryl/α,β-unsaturated/α-hetero) is 1. The van der Waals surface area contributed by atoms with E-state index in [-0.39, 0.29) is 17.1 Å². The third-order valence-electron chi connectivity index (χ3n) is 5.30. The van der Waals surface area contributed by atoms with Crippen molar-refractivity contribution in [3.8, 4) is 11.4 Å². The van der Waals surface area contributed by atoms with Gasteiger partial charge in [0.05, 0.1) is 29.4 Å². The van der Waals surface area contributed by atoms with E-state index in [1.807, 2.05) is 32.2 Å². The minimum Gasteiger partial charge on any atom is -0.496 e. The average Bonchev–Trinajstić information content (AvgIpc) is 2.88. The number of rotatable bonds is 2. The lowest BCUT2D eigenvalue weighted by Crippen LogP contribution is -2.28. The number of ketones is 1. The van der Waals surface area contributed by atoms with Crippen LogP contribution in [0.25, 0.3) is 16.6 Å². The lowest BCUT2D eigenvalue weighted by molar-refractivity contribution is 0.0910. The van der Waals surface area contributed by atoms with Gasteiger partial charge in [-0.2, -0.15) is 0 Å². The second kappa shape index (κ2) is 5.81. The molecule has 6 heteroatoms. The molecule has 0 unspecified atom stereocenters. The van der Waals surface area contributed by atoms with Crippen molar-refractivity contribution in [3.63, 3.8) is 0 Å². The zero-order valence-electron chi connectivity index (χ0n) is 16.4. The van der Waals surface area contributed by atoms with Crippen molar-refractivity contribution in [2.24, 2.45) is 5.41 Å². The number of aromatic nitrogens is 3. The van der Waals surface area contributed by atoms with E-state index in [0.717, 1.165) is 45.5 Å². The molecule has 0 spiro atoms. The lowest BCUT2D eigenvalue weighted by Gasteiger charge is -2.30. The molecular weight excluding hydrogens is 340 g/mol. The summed E-state index contributed by atoms with van der Waals surface area (Å²) in [7, 11) is 1.64. The van der Waals surface area contributed by atoms with Crippen LogP contribution in [0, 0.1) is 19.3 Å². The number of carbonyl (C=O) groups is 1. The predicted molar refractivity (Wildman–Crippen MR) is 106 cm³/mol. The van der Waals surface area contributed by atoms with Gasteiger partial charge in [0.2, 0.25) is 5.95 Å². The molecule has 6 nitrogen and oxygen atoms in total. The normalized spacial score (nSPS) is 15.8. The van der Waals surface area contributed by atoms with Crippen molar-refractivity contribution >= 4 is 22.6 Å². The largest absolute Gasteiger partial charge is 0.496 e. The van der Waals surface area contributed by atoms with Gasteiger partial charge in [0.25, 0.3) is 0 Å². The van der Waals surface area contributed by atoms with Crippen LogP contribution in [-0.4, -0.2) is 27.4 Å². The first-order chi connectivity index (χ1) is 12.7. The monoisotopic (exact) mass is 364 g/mol. The highest BCUT2D eigenvalue weighted by Crippen LogP contribution is 2.39. The van der Waals surface area contributed by atoms with Gasteiger partial charge in [0.15, 0.2) is 5.78 Å².